The third-order valence-electron chi connectivity index (χ3n) is 3.87. The smallest absolute Gasteiger partial charge is 0.258 e. The molecule has 5 heteroatoms. The Morgan fingerprint density at radius 3 is 2.38 bits per heavy atom. The molecule has 0 spiro atoms. The predicted octanol–water partition coefficient (Wildman–Crippen LogP) is 4.63. The molecule has 0 aromatic heterocycles. The molecule has 2 aromatic carbocycles. The van der Waals surface area contributed by atoms with Crippen LogP contribution in [-0.4, -0.2) is 25.7 Å². The minimum absolute atomic E-state index is 0.0298. The first-order valence-electron chi connectivity index (χ1n) is 8.65. The summed E-state index contributed by atoms with van der Waals surface area (Å²) in [5.41, 5.74) is 2.45. The Morgan fingerprint density at radius 2 is 1.77 bits per heavy atom. The summed E-state index contributed by atoms with van der Waals surface area (Å²) in [6.45, 7) is 9.31. The van der Waals surface area contributed by atoms with Crippen molar-refractivity contribution >= 4 is 21.8 Å². The lowest BCUT2D eigenvalue weighted by molar-refractivity contribution is -0.123. The summed E-state index contributed by atoms with van der Waals surface area (Å²) in [5.74, 6) is 1.28. The van der Waals surface area contributed by atoms with Crippen LogP contribution in [0.25, 0.3) is 0 Å². The molecule has 0 atom stereocenters. The number of hydrogen-bond acceptors (Lipinski definition) is 3. The van der Waals surface area contributed by atoms with Crippen molar-refractivity contribution < 1.29 is 14.3 Å². The Balaban J connectivity index is 1.72. The largest absolute Gasteiger partial charge is 0.492 e. The fourth-order valence-corrected chi connectivity index (χ4v) is 2.77. The maximum atomic E-state index is 11.9. The van der Waals surface area contributed by atoms with Crippen LogP contribution in [-0.2, 0) is 10.2 Å². The van der Waals surface area contributed by atoms with Gasteiger partial charge in [0, 0.05) is 0 Å². The van der Waals surface area contributed by atoms with Gasteiger partial charge in [-0.25, -0.2) is 0 Å². The standard InChI is InChI=1S/C21H26BrNO3/c1-15-5-8-17(9-6-15)25-12-11-23-20(24)14-26-19-10-7-16(13-18(19)22)21(2,3)4/h5-10,13H,11-12,14H2,1-4H3,(H,23,24). The summed E-state index contributed by atoms with van der Waals surface area (Å²) in [7, 11) is 0. The van der Waals surface area contributed by atoms with Crippen LogP contribution in [0.15, 0.2) is 46.9 Å². The van der Waals surface area contributed by atoms with Gasteiger partial charge in [0.1, 0.15) is 18.1 Å². The molecule has 2 rings (SSSR count). The van der Waals surface area contributed by atoms with E-state index in [2.05, 4.69) is 42.0 Å². The fraction of sp³-hybridized carbons (Fsp3) is 0.381. The van der Waals surface area contributed by atoms with Crippen molar-refractivity contribution in [1.82, 2.24) is 5.32 Å². The van der Waals surface area contributed by atoms with Crippen molar-refractivity contribution in [2.45, 2.75) is 33.1 Å². The third kappa shape index (κ3) is 6.37. The molecule has 1 N–H and O–H groups in total. The third-order valence-corrected chi connectivity index (χ3v) is 4.49. The van der Waals surface area contributed by atoms with Gasteiger partial charge in [-0.1, -0.05) is 44.5 Å². The predicted molar refractivity (Wildman–Crippen MR) is 108 cm³/mol. The average Bonchev–Trinajstić information content (AvgIpc) is 2.58. The van der Waals surface area contributed by atoms with Crippen LogP contribution in [0, 0.1) is 6.92 Å². The number of ether oxygens (including phenoxy) is 2. The topological polar surface area (TPSA) is 47.6 Å². The monoisotopic (exact) mass is 419 g/mol. The number of aryl methyl sites for hydroxylation is 1. The minimum atomic E-state index is -0.177. The zero-order chi connectivity index (χ0) is 19.2. The summed E-state index contributed by atoms with van der Waals surface area (Å²) < 4.78 is 12.0. The van der Waals surface area contributed by atoms with E-state index in [1.165, 1.54) is 11.1 Å². The van der Waals surface area contributed by atoms with E-state index in [9.17, 15) is 4.79 Å². The van der Waals surface area contributed by atoms with Crippen molar-refractivity contribution in [1.29, 1.82) is 0 Å². The van der Waals surface area contributed by atoms with Crippen LogP contribution in [0.1, 0.15) is 31.9 Å². The van der Waals surface area contributed by atoms with Gasteiger partial charge in [0.25, 0.3) is 5.91 Å². The molecule has 2 aromatic rings. The Hall–Kier alpha value is -2.01. The molecule has 0 fully saturated rings. The highest BCUT2D eigenvalue weighted by molar-refractivity contribution is 9.10. The summed E-state index contributed by atoms with van der Waals surface area (Å²) in [6.07, 6.45) is 0. The van der Waals surface area contributed by atoms with E-state index in [4.69, 9.17) is 9.47 Å². The van der Waals surface area contributed by atoms with Crippen LogP contribution in [0.5, 0.6) is 11.5 Å². The van der Waals surface area contributed by atoms with Gasteiger partial charge in [-0.3, -0.25) is 4.79 Å². The van der Waals surface area contributed by atoms with Crippen LogP contribution in [0.2, 0.25) is 0 Å². The maximum absolute atomic E-state index is 11.9. The second-order valence-corrected chi connectivity index (χ2v) is 8.05. The minimum Gasteiger partial charge on any atom is -0.492 e. The van der Waals surface area contributed by atoms with Crippen LogP contribution < -0.4 is 14.8 Å². The van der Waals surface area contributed by atoms with Crippen LogP contribution >= 0.6 is 15.9 Å². The van der Waals surface area contributed by atoms with Crippen molar-refractivity contribution in [3.63, 3.8) is 0 Å². The lowest BCUT2D eigenvalue weighted by Crippen LogP contribution is -2.32. The molecule has 0 bridgehead atoms. The molecule has 26 heavy (non-hydrogen) atoms. The number of nitrogens with one attached hydrogen (secondary N) is 1. The van der Waals surface area contributed by atoms with Gasteiger partial charge in [-0.05, 0) is 58.1 Å². The number of carbonyl (C=O) groups excluding carboxylic acids is 1. The van der Waals surface area contributed by atoms with E-state index in [-0.39, 0.29) is 17.9 Å². The molecule has 0 aliphatic heterocycles. The van der Waals surface area contributed by atoms with E-state index in [0.717, 1.165) is 10.2 Å². The van der Waals surface area contributed by atoms with E-state index in [1.54, 1.807) is 0 Å². The summed E-state index contributed by atoms with van der Waals surface area (Å²) in [6, 6.07) is 13.8. The summed E-state index contributed by atoms with van der Waals surface area (Å²) in [5, 5.41) is 2.79. The molecule has 0 unspecified atom stereocenters. The lowest BCUT2D eigenvalue weighted by Gasteiger charge is -2.20. The Morgan fingerprint density at radius 1 is 1.08 bits per heavy atom. The molecule has 140 valence electrons. The molecule has 4 nitrogen and oxygen atoms in total. The van der Waals surface area contributed by atoms with Gasteiger partial charge in [-0.15, -0.1) is 0 Å². The van der Waals surface area contributed by atoms with Crippen molar-refractivity contribution in [2.75, 3.05) is 19.8 Å². The van der Waals surface area contributed by atoms with Gasteiger partial charge >= 0.3 is 0 Å². The fourth-order valence-electron chi connectivity index (χ4n) is 2.27. The highest BCUT2D eigenvalue weighted by Crippen LogP contribution is 2.31. The molecule has 0 heterocycles. The summed E-state index contributed by atoms with van der Waals surface area (Å²) >= 11 is 3.51. The van der Waals surface area contributed by atoms with Crippen molar-refractivity contribution in [3.8, 4) is 11.5 Å². The molecule has 0 aliphatic carbocycles. The average molecular weight is 420 g/mol. The molecule has 0 saturated heterocycles. The van der Waals surface area contributed by atoms with Gasteiger partial charge in [0.2, 0.25) is 0 Å². The second kappa shape index (κ2) is 9.08. The van der Waals surface area contributed by atoms with Crippen molar-refractivity contribution in [2.24, 2.45) is 0 Å². The number of amides is 1. The molecule has 0 radical (unpaired) electrons. The number of hydrogen-bond donors (Lipinski definition) is 1. The normalized spacial score (nSPS) is 11.1. The maximum Gasteiger partial charge on any atom is 0.258 e. The van der Waals surface area contributed by atoms with Crippen LogP contribution in [0.3, 0.4) is 0 Å². The number of benzene rings is 2. The highest BCUT2D eigenvalue weighted by atomic mass is 79.9. The van der Waals surface area contributed by atoms with E-state index in [0.29, 0.717) is 18.9 Å². The SMILES string of the molecule is Cc1ccc(OCCNC(=O)COc2ccc(C(C)(C)C)cc2Br)cc1. The zero-order valence-electron chi connectivity index (χ0n) is 15.8. The number of rotatable bonds is 7. The van der Waals surface area contributed by atoms with Gasteiger partial charge < -0.3 is 14.8 Å². The Bertz CT molecular complexity index is 736. The van der Waals surface area contributed by atoms with E-state index < -0.39 is 0 Å². The highest BCUT2D eigenvalue weighted by Gasteiger charge is 2.15. The summed E-state index contributed by atoms with van der Waals surface area (Å²) in [4.78, 5) is 11.9. The van der Waals surface area contributed by atoms with E-state index in [1.807, 2.05) is 49.4 Å². The lowest BCUT2D eigenvalue weighted by atomic mass is 9.87. The van der Waals surface area contributed by atoms with Crippen molar-refractivity contribution in [3.05, 3.63) is 58.1 Å². The van der Waals surface area contributed by atoms with Gasteiger partial charge in [0.15, 0.2) is 6.61 Å². The first kappa shape index (κ1) is 20.3. The van der Waals surface area contributed by atoms with Gasteiger partial charge in [0.05, 0.1) is 11.0 Å². The molecular weight excluding hydrogens is 394 g/mol. The second-order valence-electron chi connectivity index (χ2n) is 7.20. The zero-order valence-corrected chi connectivity index (χ0v) is 17.4. The van der Waals surface area contributed by atoms with Crippen LogP contribution in [0.4, 0.5) is 0 Å². The molecule has 1 amide bonds. The molecular formula is C21H26BrNO3. The first-order chi connectivity index (χ1) is 12.3. The number of halogens is 1. The molecule has 0 saturated carbocycles. The van der Waals surface area contributed by atoms with Gasteiger partial charge in [-0.2, -0.15) is 0 Å². The Kier molecular flexibility index (Phi) is 7.09. The number of carbonyl (C=O) groups is 1. The quantitative estimate of drug-likeness (QED) is 0.665. The molecule has 0 aliphatic rings. The first-order valence-corrected chi connectivity index (χ1v) is 9.44. The Labute approximate surface area is 164 Å². The van der Waals surface area contributed by atoms with E-state index >= 15 is 0 Å².